The van der Waals surface area contributed by atoms with E-state index in [9.17, 15) is 4.79 Å². The van der Waals surface area contributed by atoms with Crippen LogP contribution in [-0.4, -0.2) is 33.6 Å². The normalized spacial score (nSPS) is 11.0. The van der Waals surface area contributed by atoms with E-state index in [1.54, 1.807) is 22.6 Å². The lowest BCUT2D eigenvalue weighted by atomic mass is 10.1. The van der Waals surface area contributed by atoms with Gasteiger partial charge >= 0.3 is 0 Å². The lowest BCUT2D eigenvalue weighted by molar-refractivity contribution is -0.127. The van der Waals surface area contributed by atoms with E-state index in [-0.39, 0.29) is 5.91 Å². The zero-order valence-corrected chi connectivity index (χ0v) is 18.0. The van der Waals surface area contributed by atoms with E-state index >= 15 is 0 Å². The maximum Gasteiger partial charge on any atom is 0.233 e. The van der Waals surface area contributed by atoms with Crippen molar-refractivity contribution < 1.29 is 4.79 Å². The summed E-state index contributed by atoms with van der Waals surface area (Å²) >= 11 is 3.12. The van der Waals surface area contributed by atoms with Crippen molar-refractivity contribution in [1.82, 2.24) is 14.9 Å². The Morgan fingerprint density at radius 3 is 2.62 bits per heavy atom. The summed E-state index contributed by atoms with van der Waals surface area (Å²) in [4.78, 5) is 25.4. The predicted octanol–water partition coefficient (Wildman–Crippen LogP) is 5.42. The molecule has 0 radical (unpaired) electrons. The van der Waals surface area contributed by atoms with Crippen molar-refractivity contribution >= 4 is 39.2 Å². The first-order valence-electron chi connectivity index (χ1n) is 9.33. The Morgan fingerprint density at radius 1 is 1.07 bits per heavy atom. The van der Waals surface area contributed by atoms with Crippen LogP contribution in [0.25, 0.3) is 20.7 Å². The minimum atomic E-state index is 0.0866. The molecular weight excluding hydrogens is 398 g/mol. The average molecular weight is 420 g/mol. The van der Waals surface area contributed by atoms with Crippen LogP contribution < -0.4 is 0 Å². The number of fused-ring (bicyclic) bond motifs is 1. The molecule has 0 aliphatic carbocycles. The monoisotopic (exact) mass is 419 g/mol. The number of rotatable bonds is 6. The van der Waals surface area contributed by atoms with Crippen LogP contribution in [0.4, 0.5) is 0 Å². The molecule has 2 heterocycles. The van der Waals surface area contributed by atoms with Crippen molar-refractivity contribution in [3.05, 3.63) is 78.1 Å². The summed E-state index contributed by atoms with van der Waals surface area (Å²) in [6.45, 7) is 2.68. The summed E-state index contributed by atoms with van der Waals surface area (Å²) in [7, 11) is 1.85. The molecule has 0 fully saturated rings. The third-order valence-electron chi connectivity index (χ3n) is 4.78. The second kappa shape index (κ2) is 8.76. The fourth-order valence-electron chi connectivity index (χ4n) is 3.06. The predicted molar refractivity (Wildman–Crippen MR) is 121 cm³/mol. The number of aromatic nitrogens is 2. The Kier molecular flexibility index (Phi) is 5.92. The van der Waals surface area contributed by atoms with E-state index in [0.29, 0.717) is 12.3 Å². The van der Waals surface area contributed by atoms with Crippen molar-refractivity contribution in [1.29, 1.82) is 0 Å². The summed E-state index contributed by atoms with van der Waals surface area (Å²) in [5.41, 5.74) is 3.53. The Hall–Kier alpha value is -2.70. The van der Waals surface area contributed by atoms with Gasteiger partial charge in [-0.2, -0.15) is 0 Å². The van der Waals surface area contributed by atoms with E-state index in [4.69, 9.17) is 0 Å². The molecule has 0 unspecified atom stereocenters. The molecule has 0 atom stereocenters. The first-order chi connectivity index (χ1) is 14.1. The number of thiophene rings is 1. The van der Waals surface area contributed by atoms with E-state index in [1.165, 1.54) is 28.5 Å². The first kappa shape index (κ1) is 19.6. The average Bonchev–Trinajstić information content (AvgIpc) is 3.19. The fraction of sp³-hybridized carbons (Fsp3) is 0.174. The summed E-state index contributed by atoms with van der Waals surface area (Å²) in [5.74, 6) is 0.439. The second-order valence-corrected chi connectivity index (χ2v) is 8.83. The quantitative estimate of drug-likeness (QED) is 0.309. The Bertz CT molecular complexity index is 1140. The van der Waals surface area contributed by atoms with Crippen molar-refractivity contribution in [2.24, 2.45) is 0 Å². The molecule has 0 aliphatic heterocycles. The zero-order chi connectivity index (χ0) is 20.2. The lowest BCUT2D eigenvalue weighted by Gasteiger charge is -2.18. The lowest BCUT2D eigenvalue weighted by Crippen LogP contribution is -2.28. The molecular formula is C23H21N3OS2. The van der Waals surface area contributed by atoms with Gasteiger partial charge in [-0.1, -0.05) is 66.4 Å². The summed E-state index contributed by atoms with van der Waals surface area (Å²) in [6.07, 6.45) is 1.58. The number of carbonyl (C=O) groups excluding carboxylic acids is 1. The summed E-state index contributed by atoms with van der Waals surface area (Å²) < 4.78 is 0. The van der Waals surface area contributed by atoms with Crippen LogP contribution in [0.3, 0.4) is 0 Å². The largest absolute Gasteiger partial charge is 0.341 e. The second-order valence-electron chi connectivity index (χ2n) is 6.84. The third kappa shape index (κ3) is 4.49. The number of thioether (sulfide) groups is 1. The Labute approximate surface area is 178 Å². The summed E-state index contributed by atoms with van der Waals surface area (Å²) in [5, 5.41) is 1.86. The van der Waals surface area contributed by atoms with Crippen LogP contribution in [-0.2, 0) is 11.3 Å². The van der Waals surface area contributed by atoms with Gasteiger partial charge in [-0.3, -0.25) is 4.79 Å². The highest BCUT2D eigenvalue weighted by Gasteiger charge is 2.15. The van der Waals surface area contributed by atoms with E-state index < -0.39 is 0 Å². The molecule has 0 saturated carbocycles. The Morgan fingerprint density at radius 2 is 1.83 bits per heavy atom. The molecule has 4 rings (SSSR count). The number of amides is 1. The molecule has 0 N–H and O–H groups in total. The van der Waals surface area contributed by atoms with Gasteiger partial charge in [-0.25, -0.2) is 9.97 Å². The van der Waals surface area contributed by atoms with E-state index in [0.717, 1.165) is 20.1 Å². The van der Waals surface area contributed by atoms with Crippen molar-refractivity contribution in [2.75, 3.05) is 12.8 Å². The number of hydrogen-bond acceptors (Lipinski definition) is 5. The van der Waals surface area contributed by atoms with Gasteiger partial charge in [0.05, 0.1) is 5.75 Å². The molecule has 2 aromatic carbocycles. The maximum atomic E-state index is 12.7. The van der Waals surface area contributed by atoms with Gasteiger partial charge in [-0.15, -0.1) is 11.3 Å². The number of carbonyl (C=O) groups is 1. The van der Waals surface area contributed by atoms with Gasteiger partial charge in [0.1, 0.15) is 16.2 Å². The maximum absolute atomic E-state index is 12.7. The molecule has 6 heteroatoms. The molecule has 0 aliphatic rings. The molecule has 0 bridgehead atoms. The molecule has 146 valence electrons. The van der Waals surface area contributed by atoms with Gasteiger partial charge in [0, 0.05) is 23.9 Å². The molecule has 0 saturated heterocycles. The zero-order valence-electron chi connectivity index (χ0n) is 16.3. The van der Waals surface area contributed by atoms with Gasteiger partial charge < -0.3 is 4.90 Å². The third-order valence-corrected chi connectivity index (χ3v) is 6.86. The van der Waals surface area contributed by atoms with Crippen LogP contribution >= 0.6 is 23.1 Å². The van der Waals surface area contributed by atoms with Gasteiger partial charge in [0.15, 0.2) is 0 Å². The molecule has 4 aromatic rings. The van der Waals surface area contributed by atoms with Crippen LogP contribution in [0.2, 0.25) is 0 Å². The van der Waals surface area contributed by atoms with Crippen molar-refractivity contribution in [3.8, 4) is 10.4 Å². The number of nitrogens with zero attached hydrogens (tertiary/aromatic N) is 3. The van der Waals surface area contributed by atoms with Crippen LogP contribution in [0.1, 0.15) is 11.1 Å². The molecule has 1 amide bonds. The smallest absolute Gasteiger partial charge is 0.233 e. The van der Waals surface area contributed by atoms with E-state index in [2.05, 4.69) is 47.2 Å². The number of aryl methyl sites for hydroxylation is 1. The van der Waals surface area contributed by atoms with Crippen LogP contribution in [0.15, 0.2) is 72.0 Å². The van der Waals surface area contributed by atoms with Gasteiger partial charge in [0.2, 0.25) is 5.91 Å². The minimum absolute atomic E-state index is 0.0866. The van der Waals surface area contributed by atoms with Crippen molar-refractivity contribution in [2.45, 2.75) is 18.5 Å². The van der Waals surface area contributed by atoms with Crippen LogP contribution in [0, 0.1) is 6.92 Å². The molecule has 29 heavy (non-hydrogen) atoms. The first-order valence-corrected chi connectivity index (χ1v) is 11.1. The molecule has 4 nitrogen and oxygen atoms in total. The number of hydrogen-bond donors (Lipinski definition) is 0. The fourth-order valence-corrected chi connectivity index (χ4v) is 5.05. The standard InChI is InChI=1S/C23H21N3OS2/c1-16-8-6-7-11-18(16)13-26(2)21(27)14-28-22-19-12-20(17-9-4-3-5-10-17)29-23(19)25-15-24-22/h3-12,15H,13-14H2,1-2H3. The highest BCUT2D eigenvalue weighted by Crippen LogP contribution is 2.36. The van der Waals surface area contributed by atoms with E-state index in [1.807, 2.05) is 37.4 Å². The molecule has 0 spiro atoms. The topological polar surface area (TPSA) is 46.1 Å². The number of benzene rings is 2. The Balaban J connectivity index is 1.47. The summed E-state index contributed by atoms with van der Waals surface area (Å²) in [6, 6.07) is 20.5. The minimum Gasteiger partial charge on any atom is -0.341 e. The van der Waals surface area contributed by atoms with Crippen molar-refractivity contribution in [3.63, 3.8) is 0 Å². The highest BCUT2D eigenvalue weighted by molar-refractivity contribution is 8.00. The molecule has 2 aromatic heterocycles. The SMILES string of the molecule is Cc1ccccc1CN(C)C(=O)CSc1ncnc2sc(-c3ccccc3)cc12. The van der Waals surface area contributed by atoms with Crippen LogP contribution in [0.5, 0.6) is 0 Å². The highest BCUT2D eigenvalue weighted by atomic mass is 32.2. The van der Waals surface area contributed by atoms with Gasteiger partial charge in [0.25, 0.3) is 0 Å². The van der Waals surface area contributed by atoms with Gasteiger partial charge in [-0.05, 0) is 29.7 Å².